The Morgan fingerprint density at radius 2 is 2.00 bits per heavy atom. The van der Waals surface area contributed by atoms with E-state index in [2.05, 4.69) is 34.8 Å². The normalized spacial score (nSPS) is 11.8. The number of thiophene rings is 2. The lowest BCUT2D eigenvalue weighted by molar-refractivity contribution is 0.993. The molecule has 0 saturated heterocycles. The summed E-state index contributed by atoms with van der Waals surface area (Å²) < 4.78 is 0.797. The molecule has 0 spiro atoms. The van der Waals surface area contributed by atoms with Crippen LogP contribution in [0, 0.1) is 12.3 Å². The molecule has 4 heteroatoms. The minimum Gasteiger partial charge on any atom is -0.373 e. The molecule has 0 aliphatic carbocycles. The lowest BCUT2D eigenvalue weighted by Crippen LogP contribution is -2.09. The average Bonchev–Trinajstić information content (AvgIpc) is 3.16. The molecule has 104 valence electrons. The highest BCUT2D eigenvalue weighted by molar-refractivity contribution is 7.16. The van der Waals surface area contributed by atoms with Crippen molar-refractivity contribution in [1.29, 1.82) is 0 Å². The Balaban J connectivity index is 1.95. The number of terminal acetylenes is 1. The van der Waals surface area contributed by atoms with Crippen molar-refractivity contribution in [1.82, 2.24) is 0 Å². The highest BCUT2D eigenvalue weighted by atomic mass is 35.5. The van der Waals surface area contributed by atoms with Crippen molar-refractivity contribution >= 4 is 40.0 Å². The van der Waals surface area contributed by atoms with Gasteiger partial charge in [-0.15, -0.1) is 29.1 Å². The first-order valence-corrected chi connectivity index (χ1v) is 8.45. The van der Waals surface area contributed by atoms with Crippen molar-refractivity contribution < 1.29 is 0 Å². The minimum absolute atomic E-state index is 0.0931. The Morgan fingerprint density at radius 1 is 1.10 bits per heavy atom. The number of hydrogen-bond donors (Lipinski definition) is 1. The second-order valence-electron chi connectivity index (χ2n) is 4.46. The highest BCUT2D eigenvalue weighted by Gasteiger charge is 2.17. The number of benzene rings is 1. The van der Waals surface area contributed by atoms with Crippen LogP contribution in [-0.2, 0) is 0 Å². The largest absolute Gasteiger partial charge is 0.373 e. The van der Waals surface area contributed by atoms with Crippen LogP contribution in [0.15, 0.2) is 53.9 Å². The molecule has 0 saturated carbocycles. The van der Waals surface area contributed by atoms with Gasteiger partial charge in [0.15, 0.2) is 0 Å². The zero-order valence-electron chi connectivity index (χ0n) is 11.0. The summed E-state index contributed by atoms with van der Waals surface area (Å²) in [5.41, 5.74) is 1.88. The molecule has 1 unspecified atom stereocenters. The first-order valence-electron chi connectivity index (χ1n) is 6.38. The smallest absolute Gasteiger partial charge is 0.0954 e. The van der Waals surface area contributed by atoms with Crippen LogP contribution in [0.2, 0.25) is 4.34 Å². The molecule has 2 heterocycles. The fourth-order valence-corrected chi connectivity index (χ4v) is 4.09. The summed E-state index contributed by atoms with van der Waals surface area (Å²) in [4.78, 5) is 2.44. The predicted molar refractivity (Wildman–Crippen MR) is 93.5 cm³/mol. The summed E-state index contributed by atoms with van der Waals surface area (Å²) in [5.74, 6) is 2.66. The SMILES string of the molecule is C#Cc1cccc(NC(c2cccs2)c2ccc(Cl)s2)c1. The third-order valence-electron chi connectivity index (χ3n) is 3.05. The van der Waals surface area contributed by atoms with E-state index in [-0.39, 0.29) is 6.04 Å². The van der Waals surface area contributed by atoms with Gasteiger partial charge in [0.2, 0.25) is 0 Å². The van der Waals surface area contributed by atoms with Crippen molar-refractivity contribution in [3.05, 3.63) is 73.6 Å². The van der Waals surface area contributed by atoms with E-state index < -0.39 is 0 Å². The summed E-state index contributed by atoms with van der Waals surface area (Å²) in [5, 5.41) is 5.63. The Hall–Kier alpha value is -1.73. The van der Waals surface area contributed by atoms with Crippen LogP contribution in [-0.4, -0.2) is 0 Å². The van der Waals surface area contributed by atoms with E-state index in [0.717, 1.165) is 15.6 Å². The van der Waals surface area contributed by atoms with E-state index in [0.29, 0.717) is 0 Å². The lowest BCUT2D eigenvalue weighted by atomic mass is 10.1. The van der Waals surface area contributed by atoms with Crippen LogP contribution in [0.3, 0.4) is 0 Å². The summed E-state index contributed by atoms with van der Waals surface area (Å²) in [6, 6.07) is 16.2. The Morgan fingerprint density at radius 3 is 2.67 bits per heavy atom. The molecule has 2 aromatic heterocycles. The summed E-state index contributed by atoms with van der Waals surface area (Å²) in [6.45, 7) is 0. The second kappa shape index (κ2) is 6.36. The fourth-order valence-electron chi connectivity index (χ4n) is 2.09. The van der Waals surface area contributed by atoms with Gasteiger partial charge in [-0.05, 0) is 41.8 Å². The molecule has 0 aliphatic rings. The Bertz CT molecular complexity index is 768. The van der Waals surface area contributed by atoms with Gasteiger partial charge in [-0.25, -0.2) is 0 Å². The number of hydrogen-bond acceptors (Lipinski definition) is 3. The molecule has 0 amide bonds. The minimum atomic E-state index is 0.0931. The molecule has 1 atom stereocenters. The monoisotopic (exact) mass is 329 g/mol. The van der Waals surface area contributed by atoms with Crippen LogP contribution in [0.5, 0.6) is 0 Å². The quantitative estimate of drug-likeness (QED) is 0.610. The van der Waals surface area contributed by atoms with Gasteiger partial charge in [-0.3, -0.25) is 0 Å². The molecule has 1 aromatic carbocycles. The van der Waals surface area contributed by atoms with Gasteiger partial charge in [0.1, 0.15) is 0 Å². The third-order valence-corrected chi connectivity index (χ3v) is 5.28. The molecule has 3 rings (SSSR count). The fraction of sp³-hybridized carbons (Fsp3) is 0.0588. The van der Waals surface area contributed by atoms with Crippen molar-refractivity contribution in [2.75, 3.05) is 5.32 Å². The molecule has 0 radical (unpaired) electrons. The van der Waals surface area contributed by atoms with Gasteiger partial charge in [-0.1, -0.05) is 29.7 Å². The van der Waals surface area contributed by atoms with Crippen LogP contribution < -0.4 is 5.32 Å². The second-order valence-corrected chi connectivity index (χ2v) is 7.19. The summed E-state index contributed by atoms with van der Waals surface area (Å²) in [7, 11) is 0. The van der Waals surface area contributed by atoms with Crippen molar-refractivity contribution in [2.45, 2.75) is 6.04 Å². The predicted octanol–water partition coefficient (Wildman–Crippen LogP) is 5.65. The zero-order valence-corrected chi connectivity index (χ0v) is 13.4. The molecule has 0 fully saturated rings. The van der Waals surface area contributed by atoms with E-state index in [1.165, 1.54) is 9.75 Å². The van der Waals surface area contributed by atoms with Gasteiger partial charge >= 0.3 is 0 Å². The highest BCUT2D eigenvalue weighted by Crippen LogP contribution is 2.35. The van der Waals surface area contributed by atoms with E-state index in [9.17, 15) is 0 Å². The van der Waals surface area contributed by atoms with E-state index >= 15 is 0 Å². The van der Waals surface area contributed by atoms with Crippen molar-refractivity contribution in [2.24, 2.45) is 0 Å². The molecular formula is C17H12ClNS2. The Labute approximate surface area is 137 Å². The van der Waals surface area contributed by atoms with E-state index in [4.69, 9.17) is 18.0 Å². The number of halogens is 1. The average molecular weight is 330 g/mol. The number of nitrogens with one attached hydrogen (secondary N) is 1. The third kappa shape index (κ3) is 3.30. The van der Waals surface area contributed by atoms with E-state index in [1.807, 2.05) is 30.3 Å². The van der Waals surface area contributed by atoms with Gasteiger partial charge in [0.25, 0.3) is 0 Å². The lowest BCUT2D eigenvalue weighted by Gasteiger charge is -2.17. The van der Waals surface area contributed by atoms with Crippen molar-refractivity contribution in [3.8, 4) is 12.3 Å². The van der Waals surface area contributed by atoms with Crippen LogP contribution in [0.1, 0.15) is 21.4 Å². The van der Waals surface area contributed by atoms with Gasteiger partial charge in [0.05, 0.1) is 10.4 Å². The molecule has 3 aromatic rings. The molecule has 1 nitrogen and oxygen atoms in total. The van der Waals surface area contributed by atoms with Crippen LogP contribution in [0.4, 0.5) is 5.69 Å². The standard InChI is InChI=1S/C17H12ClNS2/c1-2-12-5-3-6-13(11-12)19-17(14-7-4-10-20-14)15-8-9-16(18)21-15/h1,3-11,17,19H. The first kappa shape index (κ1) is 14.2. The maximum atomic E-state index is 6.08. The summed E-state index contributed by atoms with van der Waals surface area (Å²) in [6.07, 6.45) is 5.47. The van der Waals surface area contributed by atoms with E-state index in [1.54, 1.807) is 22.7 Å². The number of rotatable bonds is 4. The molecule has 0 bridgehead atoms. The topological polar surface area (TPSA) is 12.0 Å². The summed E-state index contributed by atoms with van der Waals surface area (Å²) >= 11 is 9.40. The molecule has 21 heavy (non-hydrogen) atoms. The molecular weight excluding hydrogens is 318 g/mol. The molecule has 0 aliphatic heterocycles. The number of anilines is 1. The van der Waals surface area contributed by atoms with Gasteiger partial charge < -0.3 is 5.32 Å². The van der Waals surface area contributed by atoms with Crippen LogP contribution in [0.25, 0.3) is 0 Å². The van der Waals surface area contributed by atoms with Gasteiger partial charge in [0, 0.05) is 21.0 Å². The maximum absolute atomic E-state index is 6.08. The zero-order chi connectivity index (χ0) is 14.7. The van der Waals surface area contributed by atoms with Crippen molar-refractivity contribution in [3.63, 3.8) is 0 Å². The van der Waals surface area contributed by atoms with Gasteiger partial charge in [-0.2, -0.15) is 0 Å². The maximum Gasteiger partial charge on any atom is 0.0954 e. The first-order chi connectivity index (χ1) is 10.3. The van der Waals surface area contributed by atoms with Crippen LogP contribution >= 0.6 is 34.3 Å². The Kier molecular flexibility index (Phi) is 4.31. The molecule has 1 N–H and O–H groups in total.